The number of halogens is 1. The Bertz CT molecular complexity index is 1840. The van der Waals surface area contributed by atoms with E-state index in [4.69, 9.17) is 4.98 Å². The van der Waals surface area contributed by atoms with Crippen molar-refractivity contribution in [2.75, 3.05) is 31.1 Å². The predicted molar refractivity (Wildman–Crippen MR) is 212 cm³/mol. The number of likely N-dealkylation sites (tertiary alicyclic amines) is 1. The Morgan fingerprint density at radius 3 is 2.02 bits per heavy atom. The Kier molecular flexibility index (Phi) is 13.7. The lowest BCUT2D eigenvalue weighted by molar-refractivity contribution is 0.0902. The van der Waals surface area contributed by atoms with Crippen molar-refractivity contribution in [3.63, 3.8) is 0 Å². The van der Waals surface area contributed by atoms with Gasteiger partial charge < -0.3 is 15.5 Å². The van der Waals surface area contributed by atoms with Gasteiger partial charge in [-0.3, -0.25) is 14.5 Å². The third-order valence-corrected chi connectivity index (χ3v) is 9.68. The lowest BCUT2D eigenvalue weighted by atomic mass is 10.00. The van der Waals surface area contributed by atoms with Gasteiger partial charge in [0.15, 0.2) is 0 Å². The third-order valence-electron chi connectivity index (χ3n) is 9.68. The molecule has 0 spiro atoms. The molecule has 1 aromatic heterocycles. The van der Waals surface area contributed by atoms with Gasteiger partial charge >= 0.3 is 0 Å². The van der Waals surface area contributed by atoms with Crippen LogP contribution in [0.2, 0.25) is 0 Å². The minimum atomic E-state index is -0.533. The van der Waals surface area contributed by atoms with E-state index in [-0.39, 0.29) is 29.5 Å². The zero-order valence-electron chi connectivity index (χ0n) is 30.4. The molecule has 2 aliphatic rings. The molecule has 0 bridgehead atoms. The summed E-state index contributed by atoms with van der Waals surface area (Å²) in [5.41, 5.74) is 4.75. The third kappa shape index (κ3) is 9.92. The molecule has 0 atom stereocenters. The van der Waals surface area contributed by atoms with E-state index in [0.717, 1.165) is 80.9 Å². The zero-order valence-corrected chi connectivity index (χ0v) is 30.4. The molecule has 7 nitrogen and oxygen atoms in total. The standard InChI is InChI=1S/C44H50FN5O2/c1-5-9-13-33(7-3)35-15-11-16-36(29-35)43(51)47-38-23-27-50(28-24-38)41-20-19-32(30-46-41)31-49-25-21-37(22-26-49)48-44(52)40-18-12-17-39(42(40)45)34(8-4)14-10-6-2/h5-20,29-30,37-38H,3-4,21-28,31H2,1-2H3,(H,47,51)(H,48,52)/b9-5-,10-6-,33-13+,34-14+. The van der Waals surface area contributed by atoms with Gasteiger partial charge in [-0.25, -0.2) is 9.37 Å². The monoisotopic (exact) mass is 699 g/mol. The number of nitrogens with zero attached hydrogens (tertiary/aromatic N) is 3. The van der Waals surface area contributed by atoms with E-state index in [9.17, 15) is 9.59 Å². The van der Waals surface area contributed by atoms with Gasteiger partial charge in [0.2, 0.25) is 0 Å². The maximum absolute atomic E-state index is 15.4. The number of nitrogens with one attached hydrogen (secondary N) is 2. The van der Waals surface area contributed by atoms with Crippen molar-refractivity contribution in [1.29, 1.82) is 0 Å². The van der Waals surface area contributed by atoms with Gasteiger partial charge in [0.25, 0.3) is 11.8 Å². The molecule has 52 heavy (non-hydrogen) atoms. The quantitative estimate of drug-likeness (QED) is 0.176. The van der Waals surface area contributed by atoms with Crippen LogP contribution in [-0.4, -0.2) is 60.0 Å². The van der Waals surface area contributed by atoms with E-state index < -0.39 is 5.82 Å². The number of allylic oxidation sites excluding steroid dienone is 10. The van der Waals surface area contributed by atoms with Crippen molar-refractivity contribution in [2.24, 2.45) is 0 Å². The lowest BCUT2D eigenvalue weighted by Crippen LogP contribution is -2.45. The minimum Gasteiger partial charge on any atom is -0.356 e. The molecule has 2 saturated heterocycles. The van der Waals surface area contributed by atoms with Crippen LogP contribution >= 0.6 is 0 Å². The van der Waals surface area contributed by atoms with Gasteiger partial charge in [-0.05, 0) is 86.1 Å². The number of carbonyl (C=O) groups excluding carboxylic acids is 2. The molecule has 0 saturated carbocycles. The molecule has 5 rings (SSSR count). The van der Waals surface area contributed by atoms with Crippen molar-refractivity contribution < 1.29 is 14.0 Å². The molecule has 2 aromatic carbocycles. The Morgan fingerprint density at radius 2 is 1.38 bits per heavy atom. The van der Waals surface area contributed by atoms with Crippen LogP contribution in [0, 0.1) is 5.82 Å². The summed E-state index contributed by atoms with van der Waals surface area (Å²) in [6, 6.07) is 16.9. The maximum atomic E-state index is 15.4. The van der Waals surface area contributed by atoms with E-state index in [2.05, 4.69) is 45.7 Å². The first-order valence-electron chi connectivity index (χ1n) is 18.2. The first kappa shape index (κ1) is 37.9. The number of aromatic nitrogens is 1. The van der Waals surface area contributed by atoms with Crippen LogP contribution in [0.15, 0.2) is 123 Å². The molecule has 8 heteroatoms. The van der Waals surface area contributed by atoms with Crippen molar-refractivity contribution in [3.05, 3.63) is 156 Å². The molecule has 0 aliphatic carbocycles. The predicted octanol–water partition coefficient (Wildman–Crippen LogP) is 8.30. The highest BCUT2D eigenvalue weighted by molar-refractivity contribution is 5.96. The average molecular weight is 700 g/mol. The average Bonchev–Trinajstić information content (AvgIpc) is 3.17. The summed E-state index contributed by atoms with van der Waals surface area (Å²) >= 11 is 0. The fourth-order valence-electron chi connectivity index (χ4n) is 6.70. The Labute approximate surface area is 308 Å². The van der Waals surface area contributed by atoms with Crippen LogP contribution in [0.1, 0.15) is 76.9 Å². The van der Waals surface area contributed by atoms with Gasteiger partial charge in [-0.1, -0.05) is 92.1 Å². The first-order chi connectivity index (χ1) is 25.3. The smallest absolute Gasteiger partial charge is 0.254 e. The SMILES string of the molecule is C=C/C(=C\C=C/C)c1cccc(C(=O)NC2CCN(c3ccc(CN4CCC(NC(=O)c5cccc(/C(C=C)=C/C=C\C)c5F)CC4)cn3)CC2)c1. The summed E-state index contributed by atoms with van der Waals surface area (Å²) in [6.45, 7) is 15.6. The number of rotatable bonds is 13. The maximum Gasteiger partial charge on any atom is 0.254 e. The number of hydrogen-bond donors (Lipinski definition) is 2. The highest BCUT2D eigenvalue weighted by Gasteiger charge is 2.25. The molecule has 0 unspecified atom stereocenters. The highest BCUT2D eigenvalue weighted by Crippen LogP contribution is 2.24. The van der Waals surface area contributed by atoms with Crippen LogP contribution in [0.25, 0.3) is 11.1 Å². The summed E-state index contributed by atoms with van der Waals surface area (Å²) in [6.07, 6.45) is 20.0. The van der Waals surface area contributed by atoms with E-state index >= 15 is 4.39 Å². The second kappa shape index (κ2) is 18.8. The molecular formula is C44H50FN5O2. The van der Waals surface area contributed by atoms with Crippen molar-refractivity contribution in [2.45, 2.75) is 58.2 Å². The molecule has 0 radical (unpaired) electrons. The van der Waals surface area contributed by atoms with Gasteiger partial charge in [0, 0.05) is 62.1 Å². The van der Waals surface area contributed by atoms with Crippen molar-refractivity contribution >= 4 is 28.8 Å². The summed E-state index contributed by atoms with van der Waals surface area (Å²) in [5, 5.41) is 6.28. The van der Waals surface area contributed by atoms with Crippen LogP contribution in [-0.2, 0) is 6.54 Å². The number of pyridine rings is 1. The number of hydrogen-bond acceptors (Lipinski definition) is 5. The largest absolute Gasteiger partial charge is 0.356 e. The summed E-state index contributed by atoms with van der Waals surface area (Å²) < 4.78 is 15.4. The summed E-state index contributed by atoms with van der Waals surface area (Å²) in [4.78, 5) is 35.6. The van der Waals surface area contributed by atoms with Gasteiger partial charge in [-0.2, -0.15) is 0 Å². The number of carbonyl (C=O) groups is 2. The zero-order chi connectivity index (χ0) is 36.9. The fraction of sp³-hybridized carbons (Fsp3) is 0.295. The number of piperidine rings is 2. The number of benzene rings is 2. The van der Waals surface area contributed by atoms with Gasteiger partial charge in [0.05, 0.1) is 5.56 Å². The number of amides is 2. The topological polar surface area (TPSA) is 77.6 Å². The van der Waals surface area contributed by atoms with Crippen LogP contribution in [0.4, 0.5) is 10.2 Å². The fourth-order valence-corrected chi connectivity index (χ4v) is 6.70. The summed E-state index contributed by atoms with van der Waals surface area (Å²) in [7, 11) is 0. The molecule has 2 amide bonds. The molecule has 3 heterocycles. The van der Waals surface area contributed by atoms with Crippen LogP contribution < -0.4 is 15.5 Å². The molecule has 2 aliphatic heterocycles. The Hall–Kier alpha value is -5.34. The molecule has 2 fully saturated rings. The molecule has 3 aromatic rings. The van der Waals surface area contributed by atoms with Crippen LogP contribution in [0.3, 0.4) is 0 Å². The molecule has 270 valence electrons. The normalized spacial score (nSPS) is 16.7. The second-order valence-electron chi connectivity index (χ2n) is 13.2. The van der Waals surface area contributed by atoms with Gasteiger partial charge in [-0.15, -0.1) is 0 Å². The van der Waals surface area contributed by atoms with Gasteiger partial charge in [0.1, 0.15) is 11.6 Å². The second-order valence-corrected chi connectivity index (χ2v) is 13.2. The molecular weight excluding hydrogens is 650 g/mol. The van der Waals surface area contributed by atoms with E-state index in [1.54, 1.807) is 30.4 Å². The van der Waals surface area contributed by atoms with E-state index in [1.165, 1.54) is 6.07 Å². The lowest BCUT2D eigenvalue weighted by Gasteiger charge is -2.34. The highest BCUT2D eigenvalue weighted by atomic mass is 19.1. The van der Waals surface area contributed by atoms with Crippen LogP contribution in [0.5, 0.6) is 0 Å². The number of anilines is 1. The minimum absolute atomic E-state index is 0.0156. The first-order valence-corrected chi connectivity index (χ1v) is 18.2. The van der Waals surface area contributed by atoms with E-state index in [0.29, 0.717) is 16.7 Å². The Morgan fingerprint density at radius 1 is 0.788 bits per heavy atom. The van der Waals surface area contributed by atoms with E-state index in [1.807, 2.05) is 74.7 Å². The van der Waals surface area contributed by atoms with Crippen molar-refractivity contribution in [3.8, 4) is 0 Å². The summed E-state index contributed by atoms with van der Waals surface area (Å²) in [5.74, 6) is -0.0341. The molecule has 2 N–H and O–H groups in total. The Balaban J connectivity index is 1.06. The van der Waals surface area contributed by atoms with Crippen molar-refractivity contribution in [1.82, 2.24) is 20.5 Å².